The summed E-state index contributed by atoms with van der Waals surface area (Å²) in [7, 11) is 0. The fourth-order valence-electron chi connectivity index (χ4n) is 1.06. The lowest BCUT2D eigenvalue weighted by Crippen LogP contribution is -2.41. The number of carbonyl (C=O) groups excluding carboxylic acids is 1. The van der Waals surface area contributed by atoms with Gasteiger partial charge in [-0.25, -0.2) is 0 Å². The van der Waals surface area contributed by atoms with E-state index in [4.69, 9.17) is 50.9 Å². The molecule has 1 unspecified atom stereocenters. The minimum Gasteiger partial charge on any atom is -0.306 e. The average molecular weight is 419 g/mol. The number of nitrogens with one attached hydrogen (secondary N) is 1. The maximum absolute atomic E-state index is 12.6. The third-order valence-corrected chi connectivity index (χ3v) is 8.18. The normalized spacial score (nSPS) is 15.0. The van der Waals surface area contributed by atoms with Crippen molar-refractivity contribution in [2.45, 2.75) is 48.7 Å². The molecular formula is C11H20Cl4NO3PS. The number of rotatable bonds is 11. The molecule has 1 atom stereocenters. The van der Waals surface area contributed by atoms with Crippen molar-refractivity contribution in [3.63, 3.8) is 0 Å². The molecule has 0 aliphatic heterocycles. The standard InChI is InChI=1S/C11H20Cl4NO3PS/c1-3-5-7-19-20(18,21-8-6-4-2)16-10(17)11(14,15)9(12)13/h9H,3-8H2,1-2H3,(H,16,17,18). The molecule has 0 heterocycles. The number of unbranched alkanes of at least 4 members (excludes halogenated alkanes) is 2. The molecule has 0 bridgehead atoms. The van der Waals surface area contributed by atoms with Gasteiger partial charge in [0.25, 0.3) is 5.91 Å². The highest BCUT2D eigenvalue weighted by atomic mass is 35.5. The van der Waals surface area contributed by atoms with Crippen LogP contribution in [0.25, 0.3) is 0 Å². The quantitative estimate of drug-likeness (QED) is 0.272. The van der Waals surface area contributed by atoms with Gasteiger partial charge >= 0.3 is 6.72 Å². The van der Waals surface area contributed by atoms with E-state index in [-0.39, 0.29) is 6.61 Å². The molecule has 0 saturated heterocycles. The molecule has 0 saturated carbocycles. The van der Waals surface area contributed by atoms with Crippen LogP contribution in [0.4, 0.5) is 0 Å². The van der Waals surface area contributed by atoms with Crippen molar-refractivity contribution in [2.24, 2.45) is 0 Å². The highest BCUT2D eigenvalue weighted by Crippen LogP contribution is 2.57. The van der Waals surface area contributed by atoms with Gasteiger partial charge in [-0.05, 0) is 24.2 Å². The Bertz CT molecular complexity index is 357. The first-order valence-corrected chi connectivity index (χ1v) is 11.4. The number of carbonyl (C=O) groups is 1. The molecular weight excluding hydrogens is 399 g/mol. The summed E-state index contributed by atoms with van der Waals surface area (Å²) in [6.07, 6.45) is 3.40. The number of amides is 1. The van der Waals surface area contributed by atoms with Gasteiger partial charge in [0.15, 0.2) is 0 Å². The second-order valence-electron chi connectivity index (χ2n) is 4.24. The first kappa shape index (κ1) is 22.2. The zero-order valence-corrected chi connectivity index (χ0v) is 16.6. The van der Waals surface area contributed by atoms with Crippen molar-refractivity contribution >= 4 is 70.4 Å². The van der Waals surface area contributed by atoms with Gasteiger partial charge in [0.1, 0.15) is 4.84 Å². The lowest BCUT2D eigenvalue weighted by molar-refractivity contribution is -0.119. The average Bonchev–Trinajstić information content (AvgIpc) is 2.39. The van der Waals surface area contributed by atoms with E-state index in [1.807, 2.05) is 13.8 Å². The van der Waals surface area contributed by atoms with E-state index in [0.717, 1.165) is 37.1 Å². The third kappa shape index (κ3) is 8.55. The summed E-state index contributed by atoms with van der Waals surface area (Å²) >= 11 is 23.7. The topological polar surface area (TPSA) is 55.4 Å². The molecule has 0 aromatic heterocycles. The molecule has 0 aliphatic carbocycles. The summed E-state index contributed by atoms with van der Waals surface area (Å²) in [5, 5.41) is 2.26. The van der Waals surface area contributed by atoms with E-state index in [2.05, 4.69) is 5.09 Å². The summed E-state index contributed by atoms with van der Waals surface area (Å²) < 4.78 is 15.9. The monoisotopic (exact) mass is 417 g/mol. The Hall–Kier alpha value is 1.17. The fraction of sp³-hybridized carbons (Fsp3) is 0.909. The van der Waals surface area contributed by atoms with Crippen molar-refractivity contribution in [3.8, 4) is 0 Å². The van der Waals surface area contributed by atoms with Gasteiger partial charge in [-0.15, -0.1) is 23.2 Å². The largest absolute Gasteiger partial charge is 0.353 e. The number of alkyl halides is 4. The second kappa shape index (κ2) is 10.9. The molecule has 4 nitrogen and oxygen atoms in total. The Morgan fingerprint density at radius 2 is 1.86 bits per heavy atom. The minimum absolute atomic E-state index is 0.274. The molecule has 0 fully saturated rings. The second-order valence-corrected chi connectivity index (χ2v) is 11.1. The lowest BCUT2D eigenvalue weighted by Gasteiger charge is -2.24. The number of halogens is 4. The van der Waals surface area contributed by atoms with Gasteiger partial charge in [0.05, 0.1) is 6.61 Å². The highest BCUT2D eigenvalue weighted by molar-refractivity contribution is 8.56. The van der Waals surface area contributed by atoms with Crippen LogP contribution in [-0.4, -0.2) is 27.4 Å². The molecule has 0 aromatic carbocycles. The van der Waals surface area contributed by atoms with Crippen LogP contribution in [0, 0.1) is 0 Å². The smallest absolute Gasteiger partial charge is 0.306 e. The maximum Gasteiger partial charge on any atom is 0.353 e. The SMILES string of the molecule is CCCCOP(=O)(NC(=O)C(Cl)(Cl)C(Cl)Cl)SCCCC. The van der Waals surface area contributed by atoms with Crippen molar-refractivity contribution in [2.75, 3.05) is 12.4 Å². The van der Waals surface area contributed by atoms with E-state index < -0.39 is 21.8 Å². The highest BCUT2D eigenvalue weighted by Gasteiger charge is 2.44. The molecule has 0 aromatic rings. The first-order valence-electron chi connectivity index (χ1n) is 6.57. The maximum atomic E-state index is 12.6. The predicted octanol–water partition coefficient (Wildman–Crippen LogP) is 5.54. The van der Waals surface area contributed by atoms with Gasteiger partial charge in [0, 0.05) is 5.75 Å². The Morgan fingerprint density at radius 1 is 1.29 bits per heavy atom. The van der Waals surface area contributed by atoms with Gasteiger partial charge < -0.3 is 4.52 Å². The van der Waals surface area contributed by atoms with Crippen LogP contribution in [-0.2, 0) is 13.9 Å². The van der Waals surface area contributed by atoms with Crippen molar-refractivity contribution < 1.29 is 13.9 Å². The summed E-state index contributed by atoms with van der Waals surface area (Å²) in [5.74, 6) is -0.340. The zero-order valence-electron chi connectivity index (χ0n) is 11.9. The molecule has 0 aliphatic rings. The summed E-state index contributed by atoms with van der Waals surface area (Å²) in [4.78, 5) is 10.6. The zero-order chi connectivity index (χ0) is 16.5. The van der Waals surface area contributed by atoms with Crippen LogP contribution in [0.1, 0.15) is 39.5 Å². The Kier molecular flexibility index (Phi) is 11.5. The van der Waals surface area contributed by atoms with E-state index in [0.29, 0.717) is 5.75 Å². The van der Waals surface area contributed by atoms with E-state index in [9.17, 15) is 9.36 Å². The molecule has 0 rings (SSSR count). The van der Waals surface area contributed by atoms with Crippen LogP contribution < -0.4 is 5.09 Å². The summed E-state index contributed by atoms with van der Waals surface area (Å²) in [5.41, 5.74) is 0. The fourth-order valence-corrected chi connectivity index (χ4v) is 5.14. The van der Waals surface area contributed by atoms with Crippen LogP contribution in [0.3, 0.4) is 0 Å². The summed E-state index contributed by atoms with van der Waals surface area (Å²) in [6.45, 7) is 0.821. The summed E-state index contributed by atoms with van der Waals surface area (Å²) in [6, 6.07) is 0. The molecule has 21 heavy (non-hydrogen) atoms. The molecule has 0 radical (unpaired) electrons. The number of hydrogen-bond acceptors (Lipinski definition) is 4. The Labute approximate surface area is 150 Å². The van der Waals surface area contributed by atoms with Crippen LogP contribution in [0.5, 0.6) is 0 Å². The van der Waals surface area contributed by atoms with E-state index >= 15 is 0 Å². The van der Waals surface area contributed by atoms with Crippen LogP contribution in [0.15, 0.2) is 0 Å². The van der Waals surface area contributed by atoms with Crippen LogP contribution >= 0.6 is 64.5 Å². The molecule has 1 amide bonds. The predicted molar refractivity (Wildman–Crippen MR) is 93.9 cm³/mol. The molecule has 10 heteroatoms. The van der Waals surface area contributed by atoms with Gasteiger partial charge in [-0.1, -0.05) is 49.9 Å². The van der Waals surface area contributed by atoms with Crippen molar-refractivity contribution in [1.29, 1.82) is 0 Å². The number of hydrogen-bond donors (Lipinski definition) is 1. The Morgan fingerprint density at radius 3 is 2.33 bits per heavy atom. The van der Waals surface area contributed by atoms with E-state index in [1.165, 1.54) is 0 Å². The Balaban J connectivity index is 4.79. The van der Waals surface area contributed by atoms with E-state index in [1.54, 1.807) is 0 Å². The van der Waals surface area contributed by atoms with Gasteiger partial charge in [-0.3, -0.25) is 14.4 Å². The van der Waals surface area contributed by atoms with Gasteiger partial charge in [-0.2, -0.15) is 0 Å². The molecule has 0 spiro atoms. The van der Waals surface area contributed by atoms with Gasteiger partial charge in [0.2, 0.25) is 4.33 Å². The van der Waals surface area contributed by atoms with Crippen molar-refractivity contribution in [3.05, 3.63) is 0 Å². The molecule has 1 N–H and O–H groups in total. The first-order chi connectivity index (χ1) is 9.69. The minimum atomic E-state index is -3.44. The molecule has 126 valence electrons. The van der Waals surface area contributed by atoms with Crippen LogP contribution in [0.2, 0.25) is 0 Å². The lowest BCUT2D eigenvalue weighted by atomic mass is 10.4. The van der Waals surface area contributed by atoms with Crippen molar-refractivity contribution in [1.82, 2.24) is 5.09 Å². The third-order valence-electron chi connectivity index (χ3n) is 2.33.